The Morgan fingerprint density at radius 1 is 1.42 bits per heavy atom. The summed E-state index contributed by atoms with van der Waals surface area (Å²) < 4.78 is 0. The van der Waals surface area contributed by atoms with Gasteiger partial charge in [-0.25, -0.2) is 9.97 Å². The van der Waals surface area contributed by atoms with Crippen molar-refractivity contribution in [3.63, 3.8) is 0 Å². The monoisotopic (exact) mass is 276 g/mol. The fourth-order valence-electron chi connectivity index (χ4n) is 2.18. The van der Waals surface area contributed by atoms with E-state index in [2.05, 4.69) is 9.97 Å². The number of nitrogens with two attached hydrogens (primary N) is 1. The molecule has 0 aliphatic carbocycles. The highest BCUT2D eigenvalue weighted by Crippen LogP contribution is 2.36. The molecule has 0 aromatic carbocycles. The maximum absolute atomic E-state index is 11.3. The molecule has 3 heterocycles. The summed E-state index contributed by atoms with van der Waals surface area (Å²) in [5.41, 5.74) is 5.40. The van der Waals surface area contributed by atoms with E-state index in [1.54, 1.807) is 16.2 Å². The van der Waals surface area contributed by atoms with E-state index in [9.17, 15) is 9.90 Å². The van der Waals surface area contributed by atoms with E-state index in [1.807, 2.05) is 16.8 Å². The molecule has 3 rings (SSSR count). The number of aliphatic hydroxyl groups is 1. The molecule has 7 heteroatoms. The molecule has 0 bridgehead atoms. The van der Waals surface area contributed by atoms with Crippen LogP contribution in [-0.4, -0.2) is 34.1 Å². The van der Waals surface area contributed by atoms with E-state index in [-0.39, 0.29) is 5.69 Å². The van der Waals surface area contributed by atoms with Crippen molar-refractivity contribution in [3.05, 3.63) is 40.5 Å². The Bertz CT molecular complexity index is 608. The van der Waals surface area contributed by atoms with Gasteiger partial charge in [-0.2, -0.15) is 11.3 Å². The molecule has 2 aromatic heterocycles. The number of β-amino-alcohol motifs (C(OH)–C–C–N with tert-alkyl or cyclic N) is 1. The average Bonchev–Trinajstić information content (AvgIpc) is 2.89. The van der Waals surface area contributed by atoms with Gasteiger partial charge in [0, 0.05) is 12.4 Å². The minimum atomic E-state index is -0.883. The van der Waals surface area contributed by atoms with Crippen LogP contribution in [0, 0.1) is 0 Å². The zero-order valence-electron chi connectivity index (χ0n) is 9.98. The van der Waals surface area contributed by atoms with Crippen LogP contribution >= 0.6 is 11.3 Å². The van der Waals surface area contributed by atoms with Crippen molar-refractivity contribution in [2.75, 3.05) is 18.0 Å². The van der Waals surface area contributed by atoms with Crippen LogP contribution < -0.4 is 10.6 Å². The lowest BCUT2D eigenvalue weighted by Gasteiger charge is -2.47. The van der Waals surface area contributed by atoms with Crippen molar-refractivity contribution in [1.29, 1.82) is 0 Å². The van der Waals surface area contributed by atoms with Gasteiger partial charge in [-0.05, 0) is 22.4 Å². The summed E-state index contributed by atoms with van der Waals surface area (Å²) in [5, 5.41) is 14.3. The Hall–Kier alpha value is -1.99. The number of aromatic nitrogens is 2. The first-order valence-electron chi connectivity index (χ1n) is 5.71. The van der Waals surface area contributed by atoms with Crippen molar-refractivity contribution < 1.29 is 9.90 Å². The first kappa shape index (κ1) is 12.1. The van der Waals surface area contributed by atoms with Gasteiger partial charge in [-0.1, -0.05) is 0 Å². The molecule has 19 heavy (non-hydrogen) atoms. The first-order chi connectivity index (χ1) is 9.10. The van der Waals surface area contributed by atoms with Crippen LogP contribution in [0.1, 0.15) is 16.1 Å². The Balaban J connectivity index is 1.83. The summed E-state index contributed by atoms with van der Waals surface area (Å²) in [6, 6.07) is 1.90. The molecular formula is C12H12N4O2S. The Labute approximate surface area is 113 Å². The maximum Gasteiger partial charge on any atom is 0.271 e. The van der Waals surface area contributed by atoms with Crippen LogP contribution in [0.2, 0.25) is 0 Å². The van der Waals surface area contributed by atoms with Crippen molar-refractivity contribution in [2.45, 2.75) is 5.60 Å². The summed E-state index contributed by atoms with van der Waals surface area (Å²) in [5.74, 6) is -0.191. The first-order valence-corrected chi connectivity index (χ1v) is 6.65. The maximum atomic E-state index is 11.3. The van der Waals surface area contributed by atoms with E-state index in [1.165, 1.54) is 12.4 Å². The van der Waals surface area contributed by atoms with E-state index in [0.717, 1.165) is 5.56 Å². The number of primary amides is 1. The van der Waals surface area contributed by atoms with Crippen molar-refractivity contribution in [2.24, 2.45) is 5.73 Å². The van der Waals surface area contributed by atoms with E-state index in [0.29, 0.717) is 18.9 Å². The smallest absolute Gasteiger partial charge is 0.271 e. The number of hydrogen-bond donors (Lipinski definition) is 2. The molecular weight excluding hydrogens is 264 g/mol. The van der Waals surface area contributed by atoms with Gasteiger partial charge in [0.2, 0.25) is 0 Å². The highest BCUT2D eigenvalue weighted by molar-refractivity contribution is 7.08. The second kappa shape index (κ2) is 4.29. The molecule has 2 aromatic rings. The largest absolute Gasteiger partial charge is 0.381 e. The highest BCUT2D eigenvalue weighted by atomic mass is 32.1. The van der Waals surface area contributed by atoms with Crippen molar-refractivity contribution in [1.82, 2.24) is 9.97 Å². The molecule has 98 valence electrons. The molecule has 0 saturated carbocycles. The van der Waals surface area contributed by atoms with Gasteiger partial charge in [-0.15, -0.1) is 0 Å². The molecule has 1 aliphatic rings. The zero-order valence-corrected chi connectivity index (χ0v) is 10.8. The number of carbonyl (C=O) groups is 1. The molecule has 0 radical (unpaired) electrons. The molecule has 1 saturated heterocycles. The normalized spacial score (nSPS) is 17.0. The lowest BCUT2D eigenvalue weighted by molar-refractivity contribution is 0.00729. The molecule has 0 spiro atoms. The highest BCUT2D eigenvalue weighted by Gasteiger charge is 2.44. The Morgan fingerprint density at radius 2 is 2.16 bits per heavy atom. The lowest BCUT2D eigenvalue weighted by Crippen LogP contribution is -2.60. The molecule has 1 aliphatic heterocycles. The van der Waals surface area contributed by atoms with E-state index < -0.39 is 11.5 Å². The molecule has 1 amide bonds. The number of amides is 1. The number of carbonyl (C=O) groups excluding carboxylic acids is 1. The number of hydrogen-bond acceptors (Lipinski definition) is 6. The summed E-state index contributed by atoms with van der Waals surface area (Å²) in [6.45, 7) is 0.755. The summed E-state index contributed by atoms with van der Waals surface area (Å²) in [4.78, 5) is 21.1. The van der Waals surface area contributed by atoms with E-state index >= 15 is 0 Å². The lowest BCUT2D eigenvalue weighted by atomic mass is 9.88. The number of anilines is 1. The van der Waals surface area contributed by atoms with Gasteiger partial charge in [0.15, 0.2) is 11.5 Å². The summed E-state index contributed by atoms with van der Waals surface area (Å²) in [7, 11) is 0. The Kier molecular flexibility index (Phi) is 2.72. The quantitative estimate of drug-likeness (QED) is 0.843. The SMILES string of the molecule is NC(=O)c1nccnc1N1CC(O)(c2ccsc2)C1. The molecule has 0 atom stereocenters. The van der Waals surface area contributed by atoms with Crippen molar-refractivity contribution in [3.8, 4) is 0 Å². The van der Waals surface area contributed by atoms with Crippen LogP contribution in [0.3, 0.4) is 0 Å². The Morgan fingerprint density at radius 3 is 2.79 bits per heavy atom. The summed E-state index contributed by atoms with van der Waals surface area (Å²) in [6.07, 6.45) is 2.93. The topological polar surface area (TPSA) is 92.3 Å². The molecule has 1 fully saturated rings. The van der Waals surface area contributed by atoms with Crippen LogP contribution in [0.5, 0.6) is 0 Å². The van der Waals surface area contributed by atoms with Crippen molar-refractivity contribution >= 4 is 23.1 Å². The average molecular weight is 276 g/mol. The van der Waals surface area contributed by atoms with E-state index in [4.69, 9.17) is 5.73 Å². The third-order valence-corrected chi connectivity index (χ3v) is 3.86. The van der Waals surface area contributed by atoms with Gasteiger partial charge < -0.3 is 15.7 Å². The van der Waals surface area contributed by atoms with Crippen LogP contribution in [0.4, 0.5) is 5.82 Å². The third-order valence-electron chi connectivity index (χ3n) is 3.18. The molecule has 6 nitrogen and oxygen atoms in total. The summed E-state index contributed by atoms with van der Waals surface area (Å²) >= 11 is 1.54. The minimum Gasteiger partial charge on any atom is -0.381 e. The van der Waals surface area contributed by atoms with Gasteiger partial charge in [-0.3, -0.25) is 4.79 Å². The van der Waals surface area contributed by atoms with Crippen LogP contribution in [0.25, 0.3) is 0 Å². The second-order valence-corrected chi connectivity index (χ2v) is 5.27. The van der Waals surface area contributed by atoms with Gasteiger partial charge in [0.05, 0.1) is 13.1 Å². The predicted octanol–water partition coefficient (Wildman–Crippen LogP) is 0.345. The third kappa shape index (κ3) is 1.96. The van der Waals surface area contributed by atoms with Crippen LogP contribution in [0.15, 0.2) is 29.2 Å². The van der Waals surface area contributed by atoms with Gasteiger partial charge >= 0.3 is 0 Å². The number of rotatable bonds is 3. The fourth-order valence-corrected chi connectivity index (χ4v) is 2.93. The van der Waals surface area contributed by atoms with Gasteiger partial charge in [0.25, 0.3) is 5.91 Å². The number of thiophene rings is 1. The number of nitrogens with zero attached hydrogens (tertiary/aromatic N) is 3. The zero-order chi connectivity index (χ0) is 13.5. The minimum absolute atomic E-state index is 0.134. The second-order valence-electron chi connectivity index (χ2n) is 4.49. The molecule has 0 unspecified atom stereocenters. The van der Waals surface area contributed by atoms with Crippen LogP contribution in [-0.2, 0) is 5.60 Å². The standard InChI is InChI=1S/C12H12N4O2S/c13-10(17)9-11(15-3-2-14-9)16-6-12(18,7-16)8-1-4-19-5-8/h1-5,18H,6-7H2,(H2,13,17). The molecule has 3 N–H and O–H groups in total. The predicted molar refractivity (Wildman–Crippen MR) is 71.0 cm³/mol. The van der Waals surface area contributed by atoms with Gasteiger partial charge in [0.1, 0.15) is 5.60 Å². The fraction of sp³-hybridized carbons (Fsp3) is 0.250.